The van der Waals surface area contributed by atoms with Gasteiger partial charge >= 0.3 is 0 Å². The average Bonchev–Trinajstić information content (AvgIpc) is 2.77. The molecule has 2 amide bonds. The second-order valence-corrected chi connectivity index (χ2v) is 8.22. The quantitative estimate of drug-likeness (QED) is 0.481. The number of rotatable bonds is 6. The van der Waals surface area contributed by atoms with Crippen LogP contribution in [0.1, 0.15) is 34.7 Å². The number of fused-ring (bicyclic) bond motifs is 1. The Kier molecular flexibility index (Phi) is 6.47. The van der Waals surface area contributed by atoms with Crippen molar-refractivity contribution in [2.45, 2.75) is 25.3 Å². The van der Waals surface area contributed by atoms with Gasteiger partial charge in [0.2, 0.25) is 10.0 Å². The van der Waals surface area contributed by atoms with Gasteiger partial charge in [0, 0.05) is 24.0 Å². The summed E-state index contributed by atoms with van der Waals surface area (Å²) in [7, 11) is -3.63. The molecule has 0 bridgehead atoms. The van der Waals surface area contributed by atoms with Crippen LogP contribution < -0.4 is 21.1 Å². The maximum absolute atomic E-state index is 12.6. The van der Waals surface area contributed by atoms with Crippen molar-refractivity contribution >= 4 is 32.6 Å². The largest absolute Gasteiger partial charge is 0.290 e. The van der Waals surface area contributed by atoms with E-state index in [1.54, 1.807) is 38.1 Å². The van der Waals surface area contributed by atoms with E-state index in [-0.39, 0.29) is 34.8 Å². The van der Waals surface area contributed by atoms with Crippen molar-refractivity contribution in [1.82, 2.24) is 25.4 Å². The van der Waals surface area contributed by atoms with Gasteiger partial charge in [-0.2, -0.15) is 5.10 Å². The van der Waals surface area contributed by atoms with Gasteiger partial charge in [0.25, 0.3) is 17.4 Å². The molecule has 11 heteroatoms. The summed E-state index contributed by atoms with van der Waals surface area (Å²) < 4.78 is 27.5. The number of nitrogens with zero attached hydrogens (tertiary/aromatic N) is 2. The first-order valence-electron chi connectivity index (χ1n) is 9.48. The van der Waals surface area contributed by atoms with E-state index in [1.165, 1.54) is 28.9 Å². The highest BCUT2D eigenvalue weighted by Crippen LogP contribution is 2.13. The van der Waals surface area contributed by atoms with Gasteiger partial charge in [0.15, 0.2) is 5.69 Å². The number of amides is 2. The van der Waals surface area contributed by atoms with Crippen LogP contribution in [0.4, 0.5) is 0 Å². The monoisotopic (exact) mass is 443 g/mol. The Morgan fingerprint density at radius 1 is 0.935 bits per heavy atom. The summed E-state index contributed by atoms with van der Waals surface area (Å²) in [4.78, 5) is 37.4. The first kappa shape index (κ1) is 22.1. The highest BCUT2D eigenvalue weighted by molar-refractivity contribution is 7.89. The molecule has 0 saturated carbocycles. The smallest absolute Gasteiger partial charge is 0.267 e. The number of aromatic nitrogens is 2. The summed E-state index contributed by atoms with van der Waals surface area (Å²) in [6.07, 6.45) is 0. The number of benzene rings is 2. The first-order chi connectivity index (χ1) is 14.8. The van der Waals surface area contributed by atoms with Gasteiger partial charge in [0.05, 0.1) is 10.3 Å². The highest BCUT2D eigenvalue weighted by Gasteiger charge is 2.18. The highest BCUT2D eigenvalue weighted by atomic mass is 32.2. The van der Waals surface area contributed by atoms with Crippen molar-refractivity contribution in [2.75, 3.05) is 6.54 Å². The van der Waals surface area contributed by atoms with Crippen molar-refractivity contribution in [3.05, 3.63) is 70.1 Å². The van der Waals surface area contributed by atoms with Crippen molar-refractivity contribution in [3.8, 4) is 0 Å². The molecular weight excluding hydrogens is 422 g/mol. The molecule has 0 aliphatic rings. The molecule has 0 spiro atoms. The fourth-order valence-electron chi connectivity index (χ4n) is 2.92. The van der Waals surface area contributed by atoms with Crippen LogP contribution in [-0.2, 0) is 16.6 Å². The molecule has 0 atom stereocenters. The van der Waals surface area contributed by atoms with E-state index < -0.39 is 21.8 Å². The summed E-state index contributed by atoms with van der Waals surface area (Å²) in [5, 5.41) is 4.80. The predicted octanol–water partition coefficient (Wildman–Crippen LogP) is 0.789. The van der Waals surface area contributed by atoms with Crippen LogP contribution in [0.2, 0.25) is 0 Å². The molecule has 1 aromatic heterocycles. The number of sulfonamides is 1. The number of carbonyl (C=O) groups is 2. The second kappa shape index (κ2) is 9.06. The molecular formula is C20H21N5O5S. The Labute approximate surface area is 178 Å². The van der Waals surface area contributed by atoms with Gasteiger partial charge in [-0.1, -0.05) is 25.1 Å². The lowest BCUT2D eigenvalue weighted by molar-refractivity contribution is 0.0843. The Morgan fingerprint density at radius 3 is 2.16 bits per heavy atom. The molecule has 10 nitrogen and oxygen atoms in total. The average molecular weight is 443 g/mol. The van der Waals surface area contributed by atoms with Crippen molar-refractivity contribution < 1.29 is 18.0 Å². The van der Waals surface area contributed by atoms with E-state index in [4.69, 9.17) is 0 Å². The van der Waals surface area contributed by atoms with Crippen molar-refractivity contribution in [1.29, 1.82) is 0 Å². The van der Waals surface area contributed by atoms with Crippen LogP contribution >= 0.6 is 0 Å². The van der Waals surface area contributed by atoms with Crippen LogP contribution in [0.3, 0.4) is 0 Å². The van der Waals surface area contributed by atoms with Crippen LogP contribution in [0, 0.1) is 0 Å². The number of carbonyl (C=O) groups excluding carboxylic acids is 2. The van der Waals surface area contributed by atoms with E-state index in [1.807, 2.05) is 0 Å². The first-order valence-corrected chi connectivity index (χ1v) is 11.0. The normalized spacial score (nSPS) is 11.3. The Balaban J connectivity index is 1.78. The lowest BCUT2D eigenvalue weighted by atomic mass is 10.1. The van der Waals surface area contributed by atoms with Crippen LogP contribution in [0.15, 0.2) is 58.2 Å². The lowest BCUT2D eigenvalue weighted by Gasteiger charge is -2.11. The van der Waals surface area contributed by atoms with E-state index in [9.17, 15) is 22.8 Å². The molecule has 0 fully saturated rings. The fraction of sp³-hybridized carbons (Fsp3) is 0.200. The van der Waals surface area contributed by atoms with Gasteiger partial charge in [-0.05, 0) is 37.3 Å². The Bertz CT molecular complexity index is 1300. The van der Waals surface area contributed by atoms with E-state index >= 15 is 0 Å². The standard InChI is InChI=1S/C20H21N5O5S/c1-3-21-31(29,30)14-11-9-13(10-12-14)18(26)22-23-19(27)17-15-7-5-6-8-16(15)20(28)25(4-2)24-17/h5-12,21H,3-4H2,1-2H3,(H,22,26)(H,23,27). The van der Waals surface area contributed by atoms with Gasteiger partial charge < -0.3 is 0 Å². The second-order valence-electron chi connectivity index (χ2n) is 6.45. The molecule has 162 valence electrons. The molecule has 0 aliphatic carbocycles. The van der Waals surface area contributed by atoms with Gasteiger partial charge in [-0.3, -0.25) is 25.2 Å². The van der Waals surface area contributed by atoms with E-state index in [0.717, 1.165) is 0 Å². The number of hydrazine groups is 1. The molecule has 0 saturated heterocycles. The van der Waals surface area contributed by atoms with Crippen LogP contribution in [0.25, 0.3) is 10.8 Å². The maximum atomic E-state index is 12.6. The lowest BCUT2D eigenvalue weighted by Crippen LogP contribution is -2.42. The summed E-state index contributed by atoms with van der Waals surface area (Å²) in [6.45, 7) is 3.91. The minimum Gasteiger partial charge on any atom is -0.267 e. The van der Waals surface area contributed by atoms with Gasteiger partial charge in [-0.15, -0.1) is 0 Å². The van der Waals surface area contributed by atoms with Crippen molar-refractivity contribution in [2.24, 2.45) is 0 Å². The Morgan fingerprint density at radius 2 is 1.55 bits per heavy atom. The van der Waals surface area contributed by atoms with E-state index in [2.05, 4.69) is 20.7 Å². The molecule has 0 unspecified atom stereocenters. The third-order valence-corrected chi connectivity index (χ3v) is 5.99. The van der Waals surface area contributed by atoms with Gasteiger partial charge in [-0.25, -0.2) is 17.8 Å². The zero-order chi connectivity index (χ0) is 22.6. The maximum Gasteiger partial charge on any atom is 0.290 e. The molecule has 31 heavy (non-hydrogen) atoms. The molecule has 3 aromatic rings. The molecule has 3 rings (SSSR count). The predicted molar refractivity (Wildman–Crippen MR) is 114 cm³/mol. The number of nitrogens with one attached hydrogen (secondary N) is 3. The van der Waals surface area contributed by atoms with Crippen LogP contribution in [-0.4, -0.2) is 36.6 Å². The Hall–Kier alpha value is -3.57. The zero-order valence-electron chi connectivity index (χ0n) is 16.9. The topological polar surface area (TPSA) is 139 Å². The molecule has 2 aromatic carbocycles. The van der Waals surface area contributed by atoms with Crippen molar-refractivity contribution in [3.63, 3.8) is 0 Å². The summed E-state index contributed by atoms with van der Waals surface area (Å²) in [5.74, 6) is -1.34. The minimum absolute atomic E-state index is 0.00979. The fourth-order valence-corrected chi connectivity index (χ4v) is 3.96. The molecule has 0 radical (unpaired) electrons. The third-order valence-electron chi connectivity index (χ3n) is 4.43. The zero-order valence-corrected chi connectivity index (χ0v) is 17.7. The van der Waals surface area contributed by atoms with E-state index in [0.29, 0.717) is 10.8 Å². The molecule has 3 N–H and O–H groups in total. The van der Waals surface area contributed by atoms with Crippen LogP contribution in [0.5, 0.6) is 0 Å². The molecule has 1 heterocycles. The molecule has 0 aliphatic heterocycles. The number of aryl methyl sites for hydroxylation is 1. The number of hydrogen-bond acceptors (Lipinski definition) is 6. The summed E-state index contributed by atoms with van der Waals surface area (Å²) in [5.41, 5.74) is 4.37. The minimum atomic E-state index is -3.63. The number of hydrogen-bond donors (Lipinski definition) is 3. The SMILES string of the molecule is CCNS(=O)(=O)c1ccc(C(=O)NNC(=O)c2nn(CC)c(=O)c3ccccc23)cc1. The van der Waals surface area contributed by atoms with Gasteiger partial charge in [0.1, 0.15) is 0 Å². The summed E-state index contributed by atoms with van der Waals surface area (Å²) >= 11 is 0. The third kappa shape index (κ3) is 4.62. The summed E-state index contributed by atoms with van der Waals surface area (Å²) in [6, 6.07) is 11.8.